The van der Waals surface area contributed by atoms with Crippen LogP contribution in [0, 0.1) is 0 Å². The van der Waals surface area contributed by atoms with Gasteiger partial charge in [-0.2, -0.15) is 0 Å². The van der Waals surface area contributed by atoms with E-state index in [2.05, 4.69) is 11.4 Å². The SMILES string of the molecule is CN/C=C/CCCN. The lowest BCUT2D eigenvalue weighted by Crippen LogP contribution is -1.97. The van der Waals surface area contributed by atoms with Gasteiger partial charge in [-0.1, -0.05) is 6.08 Å². The van der Waals surface area contributed by atoms with Gasteiger partial charge < -0.3 is 11.1 Å². The zero-order valence-electron chi connectivity index (χ0n) is 5.35. The molecule has 3 N–H and O–H groups in total. The van der Waals surface area contributed by atoms with E-state index in [9.17, 15) is 0 Å². The lowest BCUT2D eigenvalue weighted by atomic mass is 10.3. The van der Waals surface area contributed by atoms with Crippen LogP contribution in [0.15, 0.2) is 12.3 Å². The second-order valence-corrected chi connectivity index (χ2v) is 1.62. The lowest BCUT2D eigenvalue weighted by Gasteiger charge is -1.87. The van der Waals surface area contributed by atoms with Crippen molar-refractivity contribution in [1.29, 1.82) is 0 Å². The van der Waals surface area contributed by atoms with Crippen molar-refractivity contribution in [3.63, 3.8) is 0 Å². The molecule has 8 heavy (non-hydrogen) atoms. The first kappa shape index (κ1) is 7.50. The average Bonchev–Trinajstić information content (AvgIpc) is 1.81. The summed E-state index contributed by atoms with van der Waals surface area (Å²) in [5.74, 6) is 0. The molecule has 0 atom stereocenters. The highest BCUT2D eigenvalue weighted by Crippen LogP contribution is 1.84. The quantitative estimate of drug-likeness (QED) is 0.521. The van der Waals surface area contributed by atoms with E-state index in [4.69, 9.17) is 5.73 Å². The Morgan fingerprint density at radius 3 is 2.88 bits per heavy atom. The summed E-state index contributed by atoms with van der Waals surface area (Å²) in [6.07, 6.45) is 6.16. The van der Waals surface area contributed by atoms with Gasteiger partial charge in [-0.15, -0.1) is 0 Å². The molecule has 0 aliphatic carbocycles. The highest BCUT2D eigenvalue weighted by molar-refractivity contribution is 4.77. The average molecular weight is 114 g/mol. The second-order valence-electron chi connectivity index (χ2n) is 1.62. The molecule has 0 heterocycles. The first-order valence-corrected chi connectivity index (χ1v) is 2.94. The zero-order chi connectivity index (χ0) is 6.24. The fourth-order valence-corrected chi connectivity index (χ4v) is 0.437. The molecule has 2 heteroatoms. The summed E-state index contributed by atoms with van der Waals surface area (Å²) in [5, 5.41) is 2.91. The van der Waals surface area contributed by atoms with E-state index in [1.54, 1.807) is 0 Å². The predicted molar refractivity (Wildman–Crippen MR) is 36.5 cm³/mol. The first-order valence-electron chi connectivity index (χ1n) is 2.94. The number of nitrogens with one attached hydrogen (secondary N) is 1. The van der Waals surface area contributed by atoms with E-state index in [1.165, 1.54) is 0 Å². The molecule has 0 aromatic heterocycles. The predicted octanol–water partition coefficient (Wildman–Crippen LogP) is 0.458. The van der Waals surface area contributed by atoms with Crippen LogP contribution in [0.4, 0.5) is 0 Å². The van der Waals surface area contributed by atoms with E-state index < -0.39 is 0 Å². The Bertz CT molecular complexity index is 59.5. The van der Waals surface area contributed by atoms with Crippen LogP contribution < -0.4 is 11.1 Å². The molecule has 48 valence electrons. The molecule has 0 unspecified atom stereocenters. The Morgan fingerprint density at radius 2 is 2.38 bits per heavy atom. The summed E-state index contributed by atoms with van der Waals surface area (Å²) in [5.41, 5.74) is 5.26. The number of unbranched alkanes of at least 4 members (excludes halogenated alkanes) is 1. The molecular formula is C6H14N2. The van der Waals surface area contributed by atoms with E-state index >= 15 is 0 Å². The Morgan fingerprint density at radius 1 is 1.62 bits per heavy atom. The number of rotatable bonds is 4. The number of hydrogen-bond donors (Lipinski definition) is 2. The Hall–Kier alpha value is -0.500. The number of hydrogen-bond acceptors (Lipinski definition) is 2. The Kier molecular flexibility index (Phi) is 6.09. The highest BCUT2D eigenvalue weighted by atomic mass is 14.8. The smallest absolute Gasteiger partial charge is 0.00276 e. The van der Waals surface area contributed by atoms with E-state index in [0.29, 0.717) is 0 Å². The van der Waals surface area contributed by atoms with Crippen molar-refractivity contribution in [3.05, 3.63) is 12.3 Å². The Balaban J connectivity index is 2.80. The van der Waals surface area contributed by atoms with Crippen LogP contribution in [0.3, 0.4) is 0 Å². The van der Waals surface area contributed by atoms with Gasteiger partial charge >= 0.3 is 0 Å². The largest absolute Gasteiger partial charge is 0.394 e. The fourth-order valence-electron chi connectivity index (χ4n) is 0.437. The van der Waals surface area contributed by atoms with Gasteiger partial charge in [0, 0.05) is 7.05 Å². The van der Waals surface area contributed by atoms with Gasteiger partial charge in [0.05, 0.1) is 0 Å². The summed E-state index contributed by atoms with van der Waals surface area (Å²) in [4.78, 5) is 0. The number of allylic oxidation sites excluding steroid dienone is 1. The third kappa shape index (κ3) is 5.50. The molecule has 0 fully saturated rings. The molecule has 0 spiro atoms. The van der Waals surface area contributed by atoms with E-state index in [1.807, 2.05) is 13.2 Å². The molecule has 0 aromatic carbocycles. The van der Waals surface area contributed by atoms with Crippen molar-refractivity contribution in [2.75, 3.05) is 13.6 Å². The van der Waals surface area contributed by atoms with Crippen LogP contribution in [-0.4, -0.2) is 13.6 Å². The van der Waals surface area contributed by atoms with Gasteiger partial charge in [-0.05, 0) is 25.6 Å². The van der Waals surface area contributed by atoms with Crippen LogP contribution in [0.25, 0.3) is 0 Å². The molecule has 0 radical (unpaired) electrons. The maximum atomic E-state index is 5.26. The lowest BCUT2D eigenvalue weighted by molar-refractivity contribution is 0.849. The van der Waals surface area contributed by atoms with Crippen LogP contribution in [0.5, 0.6) is 0 Å². The fraction of sp³-hybridized carbons (Fsp3) is 0.667. The third-order valence-electron chi connectivity index (χ3n) is 0.859. The summed E-state index contributed by atoms with van der Waals surface area (Å²) >= 11 is 0. The van der Waals surface area contributed by atoms with Crippen molar-refractivity contribution >= 4 is 0 Å². The van der Waals surface area contributed by atoms with Crippen molar-refractivity contribution in [3.8, 4) is 0 Å². The maximum absolute atomic E-state index is 5.26. The zero-order valence-corrected chi connectivity index (χ0v) is 5.35. The molecule has 0 aromatic rings. The van der Waals surface area contributed by atoms with Gasteiger partial charge in [0.25, 0.3) is 0 Å². The van der Waals surface area contributed by atoms with Gasteiger partial charge in [0.2, 0.25) is 0 Å². The topological polar surface area (TPSA) is 38.0 Å². The van der Waals surface area contributed by atoms with Crippen LogP contribution in [0.2, 0.25) is 0 Å². The first-order chi connectivity index (χ1) is 3.91. The second kappa shape index (κ2) is 6.50. The molecule has 0 saturated heterocycles. The Labute approximate surface area is 50.8 Å². The molecule has 0 aliphatic rings. The van der Waals surface area contributed by atoms with Crippen LogP contribution in [0.1, 0.15) is 12.8 Å². The van der Waals surface area contributed by atoms with Crippen molar-refractivity contribution in [1.82, 2.24) is 5.32 Å². The van der Waals surface area contributed by atoms with Gasteiger partial charge in [-0.25, -0.2) is 0 Å². The summed E-state index contributed by atoms with van der Waals surface area (Å²) in [6.45, 7) is 0.786. The van der Waals surface area contributed by atoms with E-state index in [0.717, 1.165) is 19.4 Å². The van der Waals surface area contributed by atoms with Crippen molar-refractivity contribution in [2.45, 2.75) is 12.8 Å². The van der Waals surface area contributed by atoms with Crippen molar-refractivity contribution in [2.24, 2.45) is 5.73 Å². The maximum Gasteiger partial charge on any atom is 0.00276 e. The third-order valence-corrected chi connectivity index (χ3v) is 0.859. The van der Waals surface area contributed by atoms with Gasteiger partial charge in [-0.3, -0.25) is 0 Å². The molecule has 0 saturated carbocycles. The molecule has 0 amide bonds. The normalized spacial score (nSPS) is 10.2. The molecule has 0 aliphatic heterocycles. The minimum absolute atomic E-state index is 0.786. The minimum Gasteiger partial charge on any atom is -0.394 e. The molecule has 2 nitrogen and oxygen atoms in total. The van der Waals surface area contributed by atoms with Crippen LogP contribution in [-0.2, 0) is 0 Å². The summed E-state index contributed by atoms with van der Waals surface area (Å²) in [7, 11) is 1.89. The summed E-state index contributed by atoms with van der Waals surface area (Å²) in [6, 6.07) is 0. The van der Waals surface area contributed by atoms with Crippen LogP contribution >= 0.6 is 0 Å². The summed E-state index contributed by atoms with van der Waals surface area (Å²) < 4.78 is 0. The monoisotopic (exact) mass is 114 g/mol. The standard InChI is InChI=1S/C6H14N2/c1-8-6-4-2-3-5-7/h4,6,8H,2-3,5,7H2,1H3/b6-4+. The molecule has 0 rings (SSSR count). The minimum atomic E-state index is 0.786. The van der Waals surface area contributed by atoms with Gasteiger partial charge in [0.1, 0.15) is 0 Å². The van der Waals surface area contributed by atoms with Gasteiger partial charge in [0.15, 0.2) is 0 Å². The highest BCUT2D eigenvalue weighted by Gasteiger charge is 1.74. The molecular weight excluding hydrogens is 100 g/mol. The molecule has 0 bridgehead atoms. The van der Waals surface area contributed by atoms with E-state index in [-0.39, 0.29) is 0 Å². The number of nitrogens with two attached hydrogens (primary N) is 1. The van der Waals surface area contributed by atoms with Crippen molar-refractivity contribution < 1.29 is 0 Å².